The summed E-state index contributed by atoms with van der Waals surface area (Å²) in [7, 11) is 6.28. The summed E-state index contributed by atoms with van der Waals surface area (Å²) in [4.78, 5) is 13.7. The van der Waals surface area contributed by atoms with Gasteiger partial charge in [-0.05, 0) is 52.5 Å². The normalized spacial score (nSPS) is 19.0. The highest BCUT2D eigenvalue weighted by molar-refractivity contribution is 6.01. The number of carbonyl (C=O) groups is 1. The molecule has 0 radical (unpaired) electrons. The second-order valence-corrected chi connectivity index (χ2v) is 8.28. The van der Waals surface area contributed by atoms with E-state index in [0.717, 1.165) is 17.0 Å². The lowest BCUT2D eigenvalue weighted by atomic mass is 9.78. The van der Waals surface area contributed by atoms with Gasteiger partial charge in [0.25, 0.3) is 0 Å². The minimum absolute atomic E-state index is 0.00554. The van der Waals surface area contributed by atoms with Crippen molar-refractivity contribution in [2.75, 3.05) is 39.1 Å². The van der Waals surface area contributed by atoms with E-state index in [1.54, 1.807) is 34.5 Å². The molecule has 35 heavy (non-hydrogen) atoms. The molecule has 2 aliphatic rings. The molecule has 0 saturated carbocycles. The van der Waals surface area contributed by atoms with E-state index in [2.05, 4.69) is 20.9 Å². The van der Waals surface area contributed by atoms with Gasteiger partial charge in [0.2, 0.25) is 17.4 Å². The number of hydrogen-bond donors (Lipinski definition) is 2. The molecule has 1 aliphatic heterocycles. The number of rotatable bonds is 6. The first-order chi connectivity index (χ1) is 17.1. The smallest absolute Gasteiger partial charge is 0.219 e. The van der Waals surface area contributed by atoms with E-state index in [-0.39, 0.29) is 11.7 Å². The maximum Gasteiger partial charge on any atom is 0.219 e. The molecule has 0 fully saturated rings. The van der Waals surface area contributed by atoms with Gasteiger partial charge in [0, 0.05) is 23.3 Å². The van der Waals surface area contributed by atoms with Gasteiger partial charge in [0.15, 0.2) is 17.3 Å². The molecule has 3 aromatic rings. The lowest BCUT2D eigenvalue weighted by molar-refractivity contribution is -0.116. The Labute approximate surface area is 202 Å². The Balaban J connectivity index is 1.62. The van der Waals surface area contributed by atoms with Crippen LogP contribution in [0.5, 0.6) is 23.0 Å². The molecule has 2 N–H and O–H groups in total. The summed E-state index contributed by atoms with van der Waals surface area (Å²) in [5, 5.41) is 14.6. The molecular formula is C25H26N4O6. The van der Waals surface area contributed by atoms with Crippen LogP contribution in [-0.4, -0.2) is 44.5 Å². The van der Waals surface area contributed by atoms with Crippen LogP contribution in [0.1, 0.15) is 35.9 Å². The second kappa shape index (κ2) is 9.21. The predicted molar refractivity (Wildman–Crippen MR) is 127 cm³/mol. The van der Waals surface area contributed by atoms with Gasteiger partial charge in [0.1, 0.15) is 5.75 Å². The molecule has 2 aromatic carbocycles. The molecule has 182 valence electrons. The van der Waals surface area contributed by atoms with Crippen molar-refractivity contribution in [1.82, 2.24) is 10.3 Å². The molecule has 1 aromatic heterocycles. The fourth-order valence-electron chi connectivity index (χ4n) is 4.80. The number of ketones is 1. The number of allylic oxidation sites excluding steroid dienone is 1. The molecule has 2 unspecified atom stereocenters. The average Bonchev–Trinajstić information content (AvgIpc) is 3.26. The van der Waals surface area contributed by atoms with Gasteiger partial charge in [-0.25, -0.2) is 4.63 Å². The van der Waals surface area contributed by atoms with E-state index in [1.807, 2.05) is 30.3 Å². The van der Waals surface area contributed by atoms with Crippen molar-refractivity contribution >= 4 is 17.4 Å². The number of benzene rings is 2. The summed E-state index contributed by atoms with van der Waals surface area (Å²) in [5.74, 6) is 3.01. The van der Waals surface area contributed by atoms with Crippen LogP contribution in [0.2, 0.25) is 0 Å². The van der Waals surface area contributed by atoms with Crippen molar-refractivity contribution in [3.8, 4) is 23.0 Å². The third-order valence-electron chi connectivity index (χ3n) is 6.47. The average molecular weight is 479 g/mol. The van der Waals surface area contributed by atoms with Crippen LogP contribution in [-0.2, 0) is 4.79 Å². The van der Waals surface area contributed by atoms with Gasteiger partial charge in [-0.1, -0.05) is 12.1 Å². The van der Waals surface area contributed by atoms with Crippen LogP contribution in [0.15, 0.2) is 52.3 Å². The number of nitrogens with one attached hydrogen (secondary N) is 2. The van der Waals surface area contributed by atoms with Gasteiger partial charge in [-0.15, -0.1) is 0 Å². The minimum atomic E-state index is -0.579. The Hall–Kier alpha value is -4.21. The van der Waals surface area contributed by atoms with E-state index in [9.17, 15) is 4.79 Å². The van der Waals surface area contributed by atoms with Crippen LogP contribution in [0.4, 0.5) is 11.6 Å². The van der Waals surface area contributed by atoms with Gasteiger partial charge in [0.05, 0.1) is 34.5 Å². The first kappa shape index (κ1) is 22.6. The summed E-state index contributed by atoms with van der Waals surface area (Å²) in [6.45, 7) is 0. The molecule has 0 bridgehead atoms. The lowest BCUT2D eigenvalue weighted by Gasteiger charge is -2.30. The molecule has 10 heteroatoms. The van der Waals surface area contributed by atoms with Gasteiger partial charge in [-0.3, -0.25) is 4.79 Å². The molecular weight excluding hydrogens is 452 g/mol. The maximum atomic E-state index is 13.7. The van der Waals surface area contributed by atoms with Crippen molar-refractivity contribution in [1.29, 1.82) is 0 Å². The van der Waals surface area contributed by atoms with Gasteiger partial charge < -0.3 is 29.6 Å². The van der Waals surface area contributed by atoms with E-state index in [1.165, 1.54) is 0 Å². The molecule has 1 aliphatic carbocycles. The molecule has 2 heterocycles. The number of ether oxygens (including phenoxy) is 4. The number of aromatic nitrogens is 2. The van der Waals surface area contributed by atoms with E-state index in [0.29, 0.717) is 52.9 Å². The van der Waals surface area contributed by atoms with Crippen LogP contribution in [0, 0.1) is 0 Å². The highest BCUT2D eigenvalue weighted by Crippen LogP contribution is 2.49. The first-order valence-corrected chi connectivity index (χ1v) is 11.1. The topological polar surface area (TPSA) is 117 Å². The summed E-state index contributed by atoms with van der Waals surface area (Å²) >= 11 is 0. The third kappa shape index (κ3) is 3.90. The number of anilines is 2. The van der Waals surface area contributed by atoms with Gasteiger partial charge in [-0.2, -0.15) is 0 Å². The Morgan fingerprint density at radius 2 is 1.60 bits per heavy atom. The van der Waals surface area contributed by atoms with Crippen molar-refractivity contribution in [3.63, 3.8) is 0 Å². The maximum absolute atomic E-state index is 13.7. The summed E-state index contributed by atoms with van der Waals surface area (Å²) in [5.41, 5.74) is 3.11. The number of Topliss-reactive ketones (excluding diaryl/α,β-unsaturated/α-hetero) is 1. The van der Waals surface area contributed by atoms with Crippen LogP contribution in [0.25, 0.3) is 0 Å². The molecule has 0 amide bonds. The van der Waals surface area contributed by atoms with Crippen molar-refractivity contribution < 1.29 is 28.4 Å². The van der Waals surface area contributed by atoms with E-state index < -0.39 is 6.04 Å². The number of fused-ring (bicyclic) bond motifs is 1. The van der Waals surface area contributed by atoms with E-state index in [4.69, 9.17) is 23.6 Å². The fraction of sp³-hybridized carbons (Fsp3) is 0.320. The zero-order valence-corrected chi connectivity index (χ0v) is 19.9. The lowest BCUT2D eigenvalue weighted by Crippen LogP contribution is -2.27. The predicted octanol–water partition coefficient (Wildman–Crippen LogP) is 4.08. The van der Waals surface area contributed by atoms with E-state index >= 15 is 0 Å². The Morgan fingerprint density at radius 1 is 0.857 bits per heavy atom. The largest absolute Gasteiger partial charge is 0.497 e. The van der Waals surface area contributed by atoms with Crippen LogP contribution >= 0.6 is 0 Å². The quantitative estimate of drug-likeness (QED) is 0.537. The summed E-state index contributed by atoms with van der Waals surface area (Å²) < 4.78 is 27.0. The Bertz CT molecular complexity index is 1280. The first-order valence-electron chi connectivity index (χ1n) is 11.1. The second-order valence-electron chi connectivity index (χ2n) is 8.28. The number of carbonyl (C=O) groups excluding carboxylic acids is 1. The molecule has 5 rings (SSSR count). The SMILES string of the molecule is COc1ccc(C2CC(=O)C3=C(C2)Nc2nonc2NC3c2ccc(OC)c(OC)c2OC)cc1. The fourth-order valence-corrected chi connectivity index (χ4v) is 4.80. The highest BCUT2D eigenvalue weighted by Gasteiger charge is 2.39. The number of hydrogen-bond acceptors (Lipinski definition) is 10. The zero-order chi connectivity index (χ0) is 24.5. The Kier molecular flexibility index (Phi) is 5.94. The third-order valence-corrected chi connectivity index (χ3v) is 6.47. The van der Waals surface area contributed by atoms with Gasteiger partial charge >= 0.3 is 0 Å². The van der Waals surface area contributed by atoms with Crippen molar-refractivity contribution in [2.45, 2.75) is 24.8 Å². The minimum Gasteiger partial charge on any atom is -0.497 e. The Morgan fingerprint density at radius 3 is 2.29 bits per heavy atom. The zero-order valence-electron chi connectivity index (χ0n) is 19.9. The molecule has 2 atom stereocenters. The summed E-state index contributed by atoms with van der Waals surface area (Å²) in [6, 6.07) is 10.9. The van der Waals surface area contributed by atoms with Crippen LogP contribution < -0.4 is 29.6 Å². The molecule has 0 spiro atoms. The summed E-state index contributed by atoms with van der Waals surface area (Å²) in [6.07, 6.45) is 0.962. The highest BCUT2D eigenvalue weighted by atomic mass is 16.6. The molecule has 10 nitrogen and oxygen atoms in total. The van der Waals surface area contributed by atoms with Crippen molar-refractivity contribution in [2.24, 2.45) is 0 Å². The number of methoxy groups -OCH3 is 4. The number of nitrogens with zero attached hydrogens (tertiary/aromatic N) is 2. The molecule has 0 saturated heterocycles. The monoisotopic (exact) mass is 478 g/mol. The standard InChI is InChI=1S/C25H26N4O6/c1-31-15-7-5-13(6-8-15)14-11-17-20(18(30)12-14)21(27-25-24(26-17)28-35-29-25)16-9-10-19(32-2)23(34-4)22(16)33-3/h5-10,14,21H,11-12H2,1-4H3,(H,26,28)(H,27,29). The van der Waals surface area contributed by atoms with Crippen molar-refractivity contribution in [3.05, 3.63) is 58.8 Å². The van der Waals surface area contributed by atoms with Crippen LogP contribution in [0.3, 0.4) is 0 Å².